The molecule has 2 heteroatoms. The van der Waals surface area contributed by atoms with Gasteiger partial charge in [-0.05, 0) is 25.3 Å². The largest absolute Gasteiger partial charge is 0.346 e. The van der Waals surface area contributed by atoms with Crippen LogP contribution in [0.2, 0.25) is 0 Å². The molecular formula is C14H24O2. The van der Waals surface area contributed by atoms with Crippen LogP contribution >= 0.6 is 0 Å². The Bertz CT molecular complexity index is 217. The van der Waals surface area contributed by atoms with Gasteiger partial charge in [0.2, 0.25) is 0 Å². The Hall–Kier alpha value is -0.600. The molecular weight excluding hydrogens is 200 g/mol. The van der Waals surface area contributed by atoms with Crippen molar-refractivity contribution in [3.8, 4) is 0 Å². The smallest absolute Gasteiger partial charge is 0.177 e. The zero-order valence-electron chi connectivity index (χ0n) is 10.4. The van der Waals surface area contributed by atoms with Crippen LogP contribution in [-0.2, 0) is 9.47 Å². The van der Waals surface area contributed by atoms with Gasteiger partial charge in [0.05, 0.1) is 12.7 Å². The molecule has 2 nitrogen and oxygen atoms in total. The van der Waals surface area contributed by atoms with E-state index in [2.05, 4.69) is 20.1 Å². The second kappa shape index (κ2) is 7.64. The van der Waals surface area contributed by atoms with E-state index in [9.17, 15) is 0 Å². The highest BCUT2D eigenvalue weighted by Gasteiger charge is 2.17. The van der Waals surface area contributed by atoms with Crippen LogP contribution < -0.4 is 0 Å². The molecule has 0 N–H and O–H groups in total. The van der Waals surface area contributed by atoms with E-state index in [0.29, 0.717) is 12.7 Å². The van der Waals surface area contributed by atoms with Crippen molar-refractivity contribution in [2.75, 3.05) is 6.61 Å². The van der Waals surface area contributed by atoms with Gasteiger partial charge in [0.15, 0.2) is 6.29 Å². The van der Waals surface area contributed by atoms with Crippen molar-refractivity contribution in [1.82, 2.24) is 0 Å². The Balaban J connectivity index is 2.24. The lowest BCUT2D eigenvalue weighted by Gasteiger charge is -2.26. The molecule has 0 aromatic rings. The monoisotopic (exact) mass is 224 g/mol. The third-order valence-electron chi connectivity index (χ3n) is 3.02. The molecule has 1 aliphatic carbocycles. The van der Waals surface area contributed by atoms with Crippen LogP contribution in [0.1, 0.15) is 45.4 Å². The minimum Gasteiger partial charge on any atom is -0.346 e. The van der Waals surface area contributed by atoms with Crippen molar-refractivity contribution in [3.05, 3.63) is 24.8 Å². The number of rotatable bonds is 7. The molecule has 0 heterocycles. The summed E-state index contributed by atoms with van der Waals surface area (Å²) in [5.41, 5.74) is 1.10. The number of ether oxygens (including phenoxy) is 2. The van der Waals surface area contributed by atoms with Crippen LogP contribution in [-0.4, -0.2) is 19.0 Å². The van der Waals surface area contributed by atoms with Gasteiger partial charge in [0, 0.05) is 0 Å². The summed E-state index contributed by atoms with van der Waals surface area (Å²) >= 11 is 0. The third kappa shape index (κ3) is 4.95. The molecule has 1 rings (SSSR count). The highest BCUT2D eigenvalue weighted by Crippen LogP contribution is 2.22. The molecule has 0 aliphatic heterocycles. The quantitative estimate of drug-likeness (QED) is 0.483. The fourth-order valence-electron chi connectivity index (χ4n) is 1.86. The molecule has 0 spiro atoms. The second-order valence-corrected chi connectivity index (χ2v) is 4.41. The summed E-state index contributed by atoms with van der Waals surface area (Å²) in [5.74, 6) is 0. The molecule has 0 aromatic heterocycles. The Kier molecular flexibility index (Phi) is 6.43. The van der Waals surface area contributed by atoms with E-state index in [1.54, 1.807) is 6.08 Å². The van der Waals surface area contributed by atoms with Gasteiger partial charge in [-0.15, -0.1) is 0 Å². The first-order valence-corrected chi connectivity index (χ1v) is 6.32. The number of hydrogen-bond donors (Lipinski definition) is 0. The summed E-state index contributed by atoms with van der Waals surface area (Å²) in [6.07, 6.45) is 8.96. The summed E-state index contributed by atoms with van der Waals surface area (Å²) < 4.78 is 11.5. The van der Waals surface area contributed by atoms with Gasteiger partial charge >= 0.3 is 0 Å². The predicted octanol–water partition coefficient (Wildman–Crippen LogP) is 3.83. The lowest BCUT2D eigenvalue weighted by Crippen LogP contribution is -2.25. The molecule has 1 fully saturated rings. The van der Waals surface area contributed by atoms with Crippen LogP contribution in [0, 0.1) is 0 Å². The molecule has 0 amide bonds. The first-order valence-electron chi connectivity index (χ1n) is 6.32. The minimum absolute atomic E-state index is 0.272. The van der Waals surface area contributed by atoms with Crippen molar-refractivity contribution < 1.29 is 9.47 Å². The van der Waals surface area contributed by atoms with Crippen LogP contribution in [0.3, 0.4) is 0 Å². The normalized spacial score (nSPS) is 19.3. The topological polar surface area (TPSA) is 18.5 Å². The van der Waals surface area contributed by atoms with Crippen LogP contribution in [0.4, 0.5) is 0 Å². The zero-order valence-corrected chi connectivity index (χ0v) is 10.4. The van der Waals surface area contributed by atoms with E-state index in [0.717, 1.165) is 24.8 Å². The van der Waals surface area contributed by atoms with Gasteiger partial charge in [-0.2, -0.15) is 0 Å². The summed E-state index contributed by atoms with van der Waals surface area (Å²) in [4.78, 5) is 0. The van der Waals surface area contributed by atoms with Crippen LogP contribution in [0.5, 0.6) is 0 Å². The van der Waals surface area contributed by atoms with Crippen molar-refractivity contribution >= 4 is 0 Å². The Labute approximate surface area is 99.3 Å². The molecule has 1 saturated carbocycles. The molecule has 0 radical (unpaired) electrons. The van der Waals surface area contributed by atoms with Gasteiger partial charge < -0.3 is 9.47 Å². The Morgan fingerprint density at radius 3 is 2.62 bits per heavy atom. The predicted molar refractivity (Wildman–Crippen MR) is 67.3 cm³/mol. The highest BCUT2D eigenvalue weighted by molar-refractivity contribution is 4.93. The van der Waals surface area contributed by atoms with Crippen molar-refractivity contribution in [2.24, 2.45) is 0 Å². The SMILES string of the molecule is C=C[C@@H](OCC(=C)CC)OC1CCCCC1. The average molecular weight is 224 g/mol. The maximum absolute atomic E-state index is 5.85. The van der Waals surface area contributed by atoms with Gasteiger partial charge in [0.25, 0.3) is 0 Å². The fourth-order valence-corrected chi connectivity index (χ4v) is 1.86. The summed E-state index contributed by atoms with van der Waals surface area (Å²) in [6, 6.07) is 0. The van der Waals surface area contributed by atoms with Gasteiger partial charge in [0.1, 0.15) is 0 Å². The first-order chi connectivity index (χ1) is 7.76. The van der Waals surface area contributed by atoms with Crippen molar-refractivity contribution in [1.29, 1.82) is 0 Å². The van der Waals surface area contributed by atoms with E-state index < -0.39 is 0 Å². The maximum atomic E-state index is 5.85. The summed E-state index contributed by atoms with van der Waals surface area (Å²) in [6.45, 7) is 10.3. The lowest BCUT2D eigenvalue weighted by molar-refractivity contribution is -0.144. The van der Waals surface area contributed by atoms with Gasteiger partial charge in [-0.25, -0.2) is 0 Å². The molecule has 92 valence electrons. The maximum Gasteiger partial charge on any atom is 0.177 e. The third-order valence-corrected chi connectivity index (χ3v) is 3.02. The molecule has 0 bridgehead atoms. The average Bonchev–Trinajstić information content (AvgIpc) is 2.35. The lowest BCUT2D eigenvalue weighted by atomic mass is 9.98. The zero-order chi connectivity index (χ0) is 11.8. The second-order valence-electron chi connectivity index (χ2n) is 4.41. The van der Waals surface area contributed by atoms with Gasteiger partial charge in [-0.3, -0.25) is 0 Å². The van der Waals surface area contributed by atoms with Gasteiger partial charge in [-0.1, -0.05) is 44.9 Å². The Morgan fingerprint density at radius 1 is 1.38 bits per heavy atom. The summed E-state index contributed by atoms with van der Waals surface area (Å²) in [7, 11) is 0. The molecule has 0 saturated heterocycles. The Morgan fingerprint density at radius 2 is 2.06 bits per heavy atom. The van der Waals surface area contributed by atoms with Crippen LogP contribution in [0.25, 0.3) is 0 Å². The fraction of sp³-hybridized carbons (Fsp3) is 0.714. The first kappa shape index (κ1) is 13.5. The van der Waals surface area contributed by atoms with Crippen LogP contribution in [0.15, 0.2) is 24.8 Å². The van der Waals surface area contributed by atoms with Crippen molar-refractivity contribution in [2.45, 2.75) is 57.8 Å². The molecule has 16 heavy (non-hydrogen) atoms. The standard InChI is InChI=1S/C14H24O2/c1-4-12(3)11-15-14(5-2)16-13-9-7-6-8-10-13/h5,13-14H,2-4,6-11H2,1H3/t14-/m0/s1. The van der Waals surface area contributed by atoms with E-state index >= 15 is 0 Å². The minimum atomic E-state index is -0.272. The van der Waals surface area contributed by atoms with Crippen molar-refractivity contribution in [3.63, 3.8) is 0 Å². The van der Waals surface area contributed by atoms with E-state index in [4.69, 9.17) is 9.47 Å². The van der Waals surface area contributed by atoms with E-state index in [1.807, 2.05) is 0 Å². The van der Waals surface area contributed by atoms with E-state index in [1.165, 1.54) is 19.3 Å². The highest BCUT2D eigenvalue weighted by atomic mass is 16.7. The summed E-state index contributed by atoms with van der Waals surface area (Å²) in [5, 5.41) is 0. The molecule has 1 atom stereocenters. The molecule has 0 unspecified atom stereocenters. The molecule has 0 aromatic carbocycles. The molecule has 1 aliphatic rings. The van der Waals surface area contributed by atoms with E-state index in [-0.39, 0.29) is 6.29 Å². The number of hydrogen-bond acceptors (Lipinski definition) is 2.